The van der Waals surface area contributed by atoms with Crippen molar-refractivity contribution < 1.29 is 34.2 Å². The smallest absolute Gasteiger partial charge is 0.327 e. The van der Waals surface area contributed by atoms with Crippen LogP contribution in [0.3, 0.4) is 0 Å². The molecule has 26 heavy (non-hydrogen) atoms. The molecule has 0 bridgehead atoms. The molecule has 0 spiro atoms. The van der Waals surface area contributed by atoms with E-state index in [9.17, 15) is 24.0 Å². The highest BCUT2D eigenvalue weighted by atomic mass is 32.1. The first-order valence-electron chi connectivity index (χ1n) is 7.68. The van der Waals surface area contributed by atoms with Gasteiger partial charge in [0, 0.05) is 5.75 Å². The van der Waals surface area contributed by atoms with Crippen LogP contribution < -0.4 is 21.7 Å². The maximum Gasteiger partial charge on any atom is 0.327 e. The van der Waals surface area contributed by atoms with E-state index in [0.717, 1.165) is 0 Å². The summed E-state index contributed by atoms with van der Waals surface area (Å²) in [5, 5.41) is 24.2. The lowest BCUT2D eigenvalue weighted by molar-refractivity contribution is -0.143. The Hall–Kier alpha value is -2.34. The van der Waals surface area contributed by atoms with Crippen molar-refractivity contribution in [3.63, 3.8) is 0 Å². The summed E-state index contributed by atoms with van der Waals surface area (Å²) >= 11 is 3.77. The van der Waals surface area contributed by atoms with Gasteiger partial charge in [0.15, 0.2) is 0 Å². The third kappa shape index (κ3) is 8.67. The van der Waals surface area contributed by atoms with Crippen LogP contribution in [0.25, 0.3) is 0 Å². The van der Waals surface area contributed by atoms with Crippen LogP contribution in [-0.4, -0.2) is 70.3 Å². The summed E-state index contributed by atoms with van der Waals surface area (Å²) in [6.45, 7) is 2.92. The topological polar surface area (TPSA) is 188 Å². The van der Waals surface area contributed by atoms with Gasteiger partial charge in [0.1, 0.15) is 12.1 Å². The minimum absolute atomic E-state index is 0.155. The van der Waals surface area contributed by atoms with Gasteiger partial charge >= 0.3 is 11.9 Å². The zero-order valence-corrected chi connectivity index (χ0v) is 15.3. The molecule has 0 aliphatic carbocycles. The molecule has 7 N–H and O–H groups in total. The Kier molecular flexibility index (Phi) is 10.3. The SMILES string of the molecule is CC(C)C(N)C(=O)NCC(=O)NC(CC(=O)O)C(=O)NC(CS)C(=O)O. The fourth-order valence-corrected chi connectivity index (χ4v) is 1.92. The maximum absolute atomic E-state index is 12.0. The summed E-state index contributed by atoms with van der Waals surface area (Å²) in [5.74, 6) is -5.51. The lowest BCUT2D eigenvalue weighted by atomic mass is 10.1. The van der Waals surface area contributed by atoms with Crippen molar-refractivity contribution in [2.24, 2.45) is 11.7 Å². The number of carbonyl (C=O) groups excluding carboxylic acids is 3. The molecule has 0 aromatic rings. The molecule has 0 radical (unpaired) electrons. The van der Waals surface area contributed by atoms with Crippen LogP contribution in [0.2, 0.25) is 0 Å². The first-order chi connectivity index (χ1) is 12.0. The van der Waals surface area contributed by atoms with Crippen LogP contribution >= 0.6 is 12.6 Å². The molecule has 0 heterocycles. The van der Waals surface area contributed by atoms with Gasteiger partial charge in [0.05, 0.1) is 19.0 Å². The van der Waals surface area contributed by atoms with E-state index >= 15 is 0 Å². The number of hydrogen-bond donors (Lipinski definition) is 7. The van der Waals surface area contributed by atoms with Crippen molar-refractivity contribution >= 4 is 42.3 Å². The zero-order valence-electron chi connectivity index (χ0n) is 14.4. The second-order valence-corrected chi connectivity index (χ2v) is 6.15. The number of hydrogen-bond acceptors (Lipinski definition) is 7. The molecule has 11 nitrogen and oxygen atoms in total. The lowest BCUT2D eigenvalue weighted by Gasteiger charge is -2.20. The molecule has 0 saturated heterocycles. The molecule has 12 heteroatoms. The van der Waals surface area contributed by atoms with Crippen LogP contribution in [0.5, 0.6) is 0 Å². The Bertz CT molecular complexity index is 555. The minimum atomic E-state index is -1.52. The van der Waals surface area contributed by atoms with Gasteiger partial charge in [-0.2, -0.15) is 12.6 Å². The van der Waals surface area contributed by atoms with Crippen molar-refractivity contribution in [1.29, 1.82) is 0 Å². The molecule has 3 unspecified atom stereocenters. The largest absolute Gasteiger partial charge is 0.481 e. The monoisotopic (exact) mass is 392 g/mol. The summed E-state index contributed by atoms with van der Waals surface area (Å²) in [6.07, 6.45) is -0.768. The Labute approximate surface area is 155 Å². The van der Waals surface area contributed by atoms with E-state index in [-0.39, 0.29) is 11.7 Å². The van der Waals surface area contributed by atoms with Crippen molar-refractivity contribution in [3.05, 3.63) is 0 Å². The second-order valence-electron chi connectivity index (χ2n) is 5.79. The lowest BCUT2D eigenvalue weighted by Crippen LogP contribution is -2.54. The molecule has 0 aliphatic rings. The molecule has 0 aliphatic heterocycles. The van der Waals surface area contributed by atoms with E-state index in [1.807, 2.05) is 0 Å². The van der Waals surface area contributed by atoms with Crippen LogP contribution in [0.4, 0.5) is 0 Å². The number of amides is 3. The first-order valence-corrected chi connectivity index (χ1v) is 8.31. The van der Waals surface area contributed by atoms with Gasteiger partial charge < -0.3 is 31.9 Å². The summed E-state index contributed by atoms with van der Waals surface area (Å²) in [4.78, 5) is 57.3. The van der Waals surface area contributed by atoms with Crippen LogP contribution in [0.1, 0.15) is 20.3 Å². The number of aliphatic carboxylic acids is 2. The molecular formula is C14H24N4O7S. The molecule has 0 aromatic carbocycles. The molecule has 3 atom stereocenters. The molecule has 0 fully saturated rings. The van der Waals surface area contributed by atoms with E-state index in [2.05, 4.69) is 28.6 Å². The normalized spacial score (nSPS) is 14.0. The first kappa shape index (κ1) is 23.7. The third-order valence-corrected chi connectivity index (χ3v) is 3.64. The van der Waals surface area contributed by atoms with E-state index in [0.29, 0.717) is 0 Å². The van der Waals surface area contributed by atoms with E-state index in [4.69, 9.17) is 15.9 Å². The van der Waals surface area contributed by atoms with Crippen molar-refractivity contribution in [2.45, 2.75) is 38.4 Å². The maximum atomic E-state index is 12.0. The van der Waals surface area contributed by atoms with Crippen molar-refractivity contribution in [3.8, 4) is 0 Å². The quantitative estimate of drug-likeness (QED) is 0.189. The second kappa shape index (κ2) is 11.3. The van der Waals surface area contributed by atoms with Gasteiger partial charge in [-0.3, -0.25) is 19.2 Å². The van der Waals surface area contributed by atoms with E-state index < -0.39 is 60.8 Å². The van der Waals surface area contributed by atoms with Gasteiger partial charge in [-0.05, 0) is 5.92 Å². The van der Waals surface area contributed by atoms with Gasteiger partial charge in [-0.25, -0.2) is 4.79 Å². The molecule has 0 saturated carbocycles. The van der Waals surface area contributed by atoms with Crippen molar-refractivity contribution in [2.75, 3.05) is 12.3 Å². The fourth-order valence-electron chi connectivity index (χ4n) is 1.68. The summed E-state index contributed by atoms with van der Waals surface area (Å²) in [7, 11) is 0. The number of carboxylic acid groups (broad SMARTS) is 2. The Morgan fingerprint density at radius 3 is 2.00 bits per heavy atom. The average Bonchev–Trinajstić information content (AvgIpc) is 2.54. The molecular weight excluding hydrogens is 368 g/mol. The van der Waals surface area contributed by atoms with E-state index in [1.165, 1.54) is 0 Å². The minimum Gasteiger partial charge on any atom is -0.481 e. The predicted molar refractivity (Wildman–Crippen MR) is 93.4 cm³/mol. The Morgan fingerprint density at radius 1 is 1.00 bits per heavy atom. The van der Waals surface area contributed by atoms with Gasteiger partial charge in [-0.1, -0.05) is 13.8 Å². The van der Waals surface area contributed by atoms with Crippen LogP contribution in [0.15, 0.2) is 0 Å². The molecule has 0 rings (SSSR count). The fraction of sp³-hybridized carbons (Fsp3) is 0.643. The summed E-state index contributed by atoms with van der Waals surface area (Å²) in [6, 6.07) is -3.69. The average molecular weight is 392 g/mol. The highest BCUT2D eigenvalue weighted by Crippen LogP contribution is 1.98. The van der Waals surface area contributed by atoms with Crippen molar-refractivity contribution in [1.82, 2.24) is 16.0 Å². The number of nitrogens with two attached hydrogens (primary N) is 1. The van der Waals surface area contributed by atoms with Gasteiger partial charge in [-0.15, -0.1) is 0 Å². The number of thiol groups is 1. The van der Waals surface area contributed by atoms with E-state index in [1.54, 1.807) is 13.8 Å². The standard InChI is InChI=1S/C14H24N4O7S/c1-6(2)11(15)13(23)16-4-9(19)17-7(3-10(20)21)12(22)18-8(5-26)14(24)25/h6-8,11,26H,3-5,15H2,1-2H3,(H,16,23)(H,17,19)(H,18,22)(H,20,21)(H,24,25). The highest BCUT2D eigenvalue weighted by molar-refractivity contribution is 7.80. The zero-order chi connectivity index (χ0) is 20.4. The van der Waals surface area contributed by atoms with Gasteiger partial charge in [0.25, 0.3) is 0 Å². The molecule has 148 valence electrons. The predicted octanol–water partition coefficient (Wildman–Crippen LogP) is -2.46. The third-order valence-electron chi connectivity index (χ3n) is 3.27. The number of carboxylic acids is 2. The highest BCUT2D eigenvalue weighted by Gasteiger charge is 2.28. The Balaban J connectivity index is 4.81. The number of nitrogens with one attached hydrogen (secondary N) is 3. The van der Waals surface area contributed by atoms with Gasteiger partial charge in [0.2, 0.25) is 17.7 Å². The molecule has 0 aromatic heterocycles. The number of rotatable bonds is 11. The molecule has 3 amide bonds. The summed E-state index contributed by atoms with van der Waals surface area (Å²) in [5.41, 5.74) is 5.61. The Morgan fingerprint density at radius 2 is 1.58 bits per heavy atom. The summed E-state index contributed by atoms with van der Waals surface area (Å²) < 4.78 is 0. The van der Waals surface area contributed by atoms with Crippen LogP contribution in [0, 0.1) is 5.92 Å². The number of carbonyl (C=O) groups is 5. The van der Waals surface area contributed by atoms with Crippen LogP contribution in [-0.2, 0) is 24.0 Å².